The maximum Gasteiger partial charge on any atom is 0.127 e. The molecule has 2 aromatic carbocycles. The quantitative estimate of drug-likeness (QED) is 0.846. The van der Waals surface area contributed by atoms with Gasteiger partial charge in [0, 0.05) is 31.7 Å². The maximum absolute atomic E-state index is 11.7. The summed E-state index contributed by atoms with van der Waals surface area (Å²) in [5.41, 5.74) is 3.73. The van der Waals surface area contributed by atoms with E-state index in [-0.39, 0.29) is 5.92 Å². The first kappa shape index (κ1) is 17.0. The van der Waals surface area contributed by atoms with E-state index >= 15 is 0 Å². The number of piperidine rings is 1. The minimum atomic E-state index is -0.0366. The number of carbonyl (C=O) groups is 1. The van der Waals surface area contributed by atoms with Gasteiger partial charge in [-0.15, -0.1) is 0 Å². The van der Waals surface area contributed by atoms with Crippen LogP contribution in [-0.4, -0.2) is 26.4 Å². The molecule has 1 aliphatic rings. The second-order valence-electron chi connectivity index (χ2n) is 6.49. The standard InChI is InChI=1S/C21H23N3O/c1-23-19-7-8-21(18(13-19)14-22)24-11-9-17(10-12-24)20(15-25)16-5-3-2-4-6-16/h2-8,13,15,17,20,23H,9-12H2,1H3. The number of nitriles is 1. The normalized spacial score (nSPS) is 16.1. The van der Waals surface area contributed by atoms with E-state index in [9.17, 15) is 10.1 Å². The monoisotopic (exact) mass is 333 g/mol. The minimum Gasteiger partial charge on any atom is -0.388 e. The van der Waals surface area contributed by atoms with Gasteiger partial charge in [0.25, 0.3) is 0 Å². The van der Waals surface area contributed by atoms with Gasteiger partial charge in [0.15, 0.2) is 0 Å². The molecular weight excluding hydrogens is 310 g/mol. The van der Waals surface area contributed by atoms with Crippen LogP contribution in [0.5, 0.6) is 0 Å². The zero-order chi connectivity index (χ0) is 17.6. The Morgan fingerprint density at radius 3 is 2.52 bits per heavy atom. The fraction of sp³-hybridized carbons (Fsp3) is 0.333. The molecule has 0 saturated carbocycles. The second kappa shape index (κ2) is 7.85. The molecule has 1 atom stereocenters. The van der Waals surface area contributed by atoms with Gasteiger partial charge in [-0.05, 0) is 42.5 Å². The van der Waals surface area contributed by atoms with E-state index in [0.717, 1.165) is 49.2 Å². The largest absolute Gasteiger partial charge is 0.388 e. The molecule has 4 nitrogen and oxygen atoms in total. The third kappa shape index (κ3) is 3.66. The van der Waals surface area contributed by atoms with Crippen molar-refractivity contribution in [1.82, 2.24) is 0 Å². The summed E-state index contributed by atoms with van der Waals surface area (Å²) in [7, 11) is 1.85. The van der Waals surface area contributed by atoms with E-state index in [1.54, 1.807) is 0 Å². The van der Waals surface area contributed by atoms with Crippen LogP contribution < -0.4 is 10.2 Å². The first-order valence-electron chi connectivity index (χ1n) is 8.74. The Labute approximate surface area is 149 Å². The van der Waals surface area contributed by atoms with Gasteiger partial charge in [-0.2, -0.15) is 5.26 Å². The van der Waals surface area contributed by atoms with Crippen LogP contribution in [0.1, 0.15) is 29.9 Å². The van der Waals surface area contributed by atoms with Crippen LogP contribution in [0.4, 0.5) is 11.4 Å². The summed E-state index contributed by atoms with van der Waals surface area (Å²) >= 11 is 0. The molecule has 0 bridgehead atoms. The molecule has 128 valence electrons. The number of benzene rings is 2. The number of hydrogen-bond acceptors (Lipinski definition) is 4. The third-order valence-corrected chi connectivity index (χ3v) is 5.12. The number of nitrogens with zero attached hydrogens (tertiary/aromatic N) is 2. The molecule has 1 fully saturated rings. The maximum atomic E-state index is 11.7. The molecule has 2 aromatic rings. The van der Waals surface area contributed by atoms with Crippen molar-refractivity contribution in [3.05, 3.63) is 59.7 Å². The molecule has 0 spiro atoms. The van der Waals surface area contributed by atoms with Crippen molar-refractivity contribution < 1.29 is 4.79 Å². The zero-order valence-corrected chi connectivity index (χ0v) is 14.5. The van der Waals surface area contributed by atoms with E-state index in [1.165, 1.54) is 0 Å². The summed E-state index contributed by atoms with van der Waals surface area (Å²) in [6.45, 7) is 1.74. The smallest absolute Gasteiger partial charge is 0.127 e. The molecule has 0 aliphatic carbocycles. The summed E-state index contributed by atoms with van der Waals surface area (Å²) in [5.74, 6) is 0.323. The van der Waals surface area contributed by atoms with Crippen LogP contribution >= 0.6 is 0 Å². The van der Waals surface area contributed by atoms with Gasteiger partial charge in [-0.25, -0.2) is 0 Å². The first-order chi connectivity index (χ1) is 12.3. The van der Waals surface area contributed by atoms with Crippen molar-refractivity contribution >= 4 is 17.7 Å². The molecule has 1 aliphatic heterocycles. The van der Waals surface area contributed by atoms with Gasteiger partial charge in [0.2, 0.25) is 0 Å². The number of rotatable bonds is 5. The molecule has 0 amide bonds. The van der Waals surface area contributed by atoms with Crippen molar-refractivity contribution in [2.45, 2.75) is 18.8 Å². The van der Waals surface area contributed by atoms with Crippen molar-refractivity contribution in [3.8, 4) is 6.07 Å². The highest BCUT2D eigenvalue weighted by Gasteiger charge is 2.28. The highest BCUT2D eigenvalue weighted by atomic mass is 16.1. The summed E-state index contributed by atoms with van der Waals surface area (Å²) in [6.07, 6.45) is 3.01. The van der Waals surface area contributed by atoms with Crippen LogP contribution in [-0.2, 0) is 4.79 Å². The van der Waals surface area contributed by atoms with Crippen LogP contribution in [0.25, 0.3) is 0 Å². The van der Waals surface area contributed by atoms with Gasteiger partial charge in [0.05, 0.1) is 11.3 Å². The zero-order valence-electron chi connectivity index (χ0n) is 14.5. The molecule has 3 rings (SSSR count). The lowest BCUT2D eigenvalue weighted by Gasteiger charge is -2.36. The Kier molecular flexibility index (Phi) is 5.35. The van der Waals surface area contributed by atoms with Gasteiger partial charge >= 0.3 is 0 Å². The minimum absolute atomic E-state index is 0.0366. The fourth-order valence-corrected chi connectivity index (χ4v) is 3.69. The van der Waals surface area contributed by atoms with E-state index in [0.29, 0.717) is 11.5 Å². The Morgan fingerprint density at radius 2 is 1.92 bits per heavy atom. The number of carbonyl (C=O) groups excluding carboxylic acids is 1. The highest BCUT2D eigenvalue weighted by Crippen LogP contribution is 2.34. The van der Waals surface area contributed by atoms with Gasteiger partial charge < -0.3 is 15.0 Å². The van der Waals surface area contributed by atoms with Gasteiger partial charge in [-0.1, -0.05) is 30.3 Å². The topological polar surface area (TPSA) is 56.1 Å². The highest BCUT2D eigenvalue weighted by molar-refractivity contribution is 5.66. The average molecular weight is 333 g/mol. The van der Waals surface area contributed by atoms with Crippen molar-refractivity contribution in [1.29, 1.82) is 5.26 Å². The SMILES string of the molecule is CNc1ccc(N2CCC(C(C=O)c3ccccc3)CC2)c(C#N)c1. The first-order valence-corrected chi connectivity index (χ1v) is 8.74. The average Bonchev–Trinajstić information content (AvgIpc) is 2.69. The molecule has 1 N–H and O–H groups in total. The summed E-state index contributed by atoms with van der Waals surface area (Å²) < 4.78 is 0. The number of nitrogens with one attached hydrogen (secondary N) is 1. The fourth-order valence-electron chi connectivity index (χ4n) is 3.69. The number of anilines is 2. The van der Waals surface area contributed by atoms with E-state index in [2.05, 4.69) is 16.3 Å². The third-order valence-electron chi connectivity index (χ3n) is 5.12. The summed E-state index contributed by atoms with van der Waals surface area (Å²) in [5, 5.41) is 12.5. The second-order valence-corrected chi connectivity index (χ2v) is 6.49. The molecule has 1 saturated heterocycles. The predicted octanol–water partition coefficient (Wildman–Crippen LogP) is 3.80. The lowest BCUT2D eigenvalue weighted by atomic mass is 9.81. The van der Waals surface area contributed by atoms with Crippen molar-refractivity contribution in [2.24, 2.45) is 5.92 Å². The van der Waals surface area contributed by atoms with Crippen LogP contribution in [0.15, 0.2) is 48.5 Å². The van der Waals surface area contributed by atoms with Crippen molar-refractivity contribution in [2.75, 3.05) is 30.4 Å². The number of aldehydes is 1. The molecule has 0 radical (unpaired) electrons. The Bertz CT molecular complexity index is 758. The van der Waals surface area contributed by atoms with Gasteiger partial charge in [-0.3, -0.25) is 0 Å². The van der Waals surface area contributed by atoms with Crippen LogP contribution in [0, 0.1) is 17.2 Å². The van der Waals surface area contributed by atoms with Crippen molar-refractivity contribution in [3.63, 3.8) is 0 Å². The predicted molar refractivity (Wildman–Crippen MR) is 101 cm³/mol. The molecule has 1 unspecified atom stereocenters. The van der Waals surface area contributed by atoms with E-state index in [4.69, 9.17) is 0 Å². The van der Waals surface area contributed by atoms with Crippen LogP contribution in [0.3, 0.4) is 0 Å². The summed E-state index contributed by atoms with van der Waals surface area (Å²) in [6, 6.07) is 18.2. The van der Waals surface area contributed by atoms with Gasteiger partial charge in [0.1, 0.15) is 12.4 Å². The lowest BCUT2D eigenvalue weighted by molar-refractivity contribution is -0.110. The Hall–Kier alpha value is -2.80. The number of hydrogen-bond donors (Lipinski definition) is 1. The molecule has 25 heavy (non-hydrogen) atoms. The Morgan fingerprint density at radius 1 is 1.20 bits per heavy atom. The molecule has 1 heterocycles. The Balaban J connectivity index is 1.72. The van der Waals surface area contributed by atoms with E-state index in [1.807, 2.05) is 55.6 Å². The molecule has 0 aromatic heterocycles. The van der Waals surface area contributed by atoms with Crippen LogP contribution in [0.2, 0.25) is 0 Å². The lowest BCUT2D eigenvalue weighted by Crippen LogP contribution is -2.36. The molecular formula is C21H23N3O. The molecule has 4 heteroatoms. The van der Waals surface area contributed by atoms with E-state index < -0.39 is 0 Å². The summed E-state index contributed by atoms with van der Waals surface area (Å²) in [4.78, 5) is 13.9.